The van der Waals surface area contributed by atoms with E-state index >= 15 is 0 Å². The lowest BCUT2D eigenvalue weighted by molar-refractivity contribution is -0.116. The van der Waals surface area contributed by atoms with Crippen molar-refractivity contribution in [3.8, 4) is 0 Å². The molecule has 3 heterocycles. The largest absolute Gasteiger partial charge is 0.352 e. The first kappa shape index (κ1) is 22.0. The maximum absolute atomic E-state index is 12.6. The Balaban J connectivity index is 1.61. The van der Waals surface area contributed by atoms with Gasteiger partial charge in [-0.15, -0.1) is 0 Å². The van der Waals surface area contributed by atoms with E-state index in [4.69, 9.17) is 12.2 Å². The van der Waals surface area contributed by atoms with Crippen molar-refractivity contribution in [2.45, 2.75) is 45.8 Å². The fourth-order valence-electron chi connectivity index (χ4n) is 4.57. The summed E-state index contributed by atoms with van der Waals surface area (Å²) in [5, 5.41) is 7.09. The first-order valence-corrected chi connectivity index (χ1v) is 11.4. The Morgan fingerprint density at radius 2 is 1.91 bits per heavy atom. The van der Waals surface area contributed by atoms with Gasteiger partial charge < -0.3 is 20.1 Å². The molecule has 166 valence electrons. The molecule has 7 heteroatoms. The molecule has 0 spiro atoms. The molecule has 0 aliphatic carbocycles. The number of aryl methyl sites for hydroxylation is 1. The summed E-state index contributed by atoms with van der Waals surface area (Å²) in [6.07, 6.45) is 2.15. The quantitative estimate of drug-likeness (QED) is 0.522. The molecule has 0 saturated carbocycles. The van der Waals surface area contributed by atoms with Gasteiger partial charge in [0.05, 0.1) is 17.8 Å². The van der Waals surface area contributed by atoms with Gasteiger partial charge in [-0.3, -0.25) is 9.78 Å². The number of nitrogens with one attached hydrogen (secondary N) is 2. The highest BCUT2D eigenvalue weighted by molar-refractivity contribution is 7.80. The van der Waals surface area contributed by atoms with Gasteiger partial charge in [0, 0.05) is 42.8 Å². The number of carbonyl (C=O) groups is 1. The normalized spacial score (nSPS) is 18.0. The second-order valence-corrected chi connectivity index (χ2v) is 8.44. The predicted molar refractivity (Wildman–Crippen MR) is 131 cm³/mol. The molecule has 2 N–H and O–H groups in total. The van der Waals surface area contributed by atoms with E-state index in [9.17, 15) is 4.79 Å². The first-order valence-electron chi connectivity index (χ1n) is 11.0. The number of benzene rings is 1. The molecule has 4 rings (SSSR count). The van der Waals surface area contributed by atoms with E-state index in [0.29, 0.717) is 18.1 Å². The minimum absolute atomic E-state index is 0.0296. The van der Waals surface area contributed by atoms with E-state index < -0.39 is 0 Å². The summed E-state index contributed by atoms with van der Waals surface area (Å²) < 4.78 is 2.31. The summed E-state index contributed by atoms with van der Waals surface area (Å²) in [6, 6.07) is 17.6. The Hall–Kier alpha value is -3.19. The molecule has 2 aromatic heterocycles. The molecule has 2 atom stereocenters. The summed E-state index contributed by atoms with van der Waals surface area (Å²) in [4.78, 5) is 19.4. The average Bonchev–Trinajstić information content (AvgIpc) is 3.28. The third-order valence-electron chi connectivity index (χ3n) is 6.08. The van der Waals surface area contributed by atoms with Crippen LogP contribution in [0.1, 0.15) is 48.1 Å². The zero-order valence-corrected chi connectivity index (χ0v) is 19.5. The number of aromatic nitrogens is 2. The number of hydrogen-bond acceptors (Lipinski definition) is 3. The highest BCUT2D eigenvalue weighted by atomic mass is 32.1. The van der Waals surface area contributed by atoms with E-state index in [1.54, 1.807) is 0 Å². The number of amides is 1. The van der Waals surface area contributed by atoms with Crippen molar-refractivity contribution in [3.63, 3.8) is 0 Å². The molecule has 1 fully saturated rings. The number of para-hydroxylation sites is 1. The van der Waals surface area contributed by atoms with Crippen LogP contribution in [0.2, 0.25) is 0 Å². The number of thiocarbonyl (C=S) groups is 1. The van der Waals surface area contributed by atoms with Crippen LogP contribution >= 0.6 is 12.2 Å². The maximum Gasteiger partial charge on any atom is 0.226 e. The Kier molecular flexibility index (Phi) is 6.55. The molecule has 1 aliphatic rings. The summed E-state index contributed by atoms with van der Waals surface area (Å²) in [5.41, 5.74) is 5.41. The van der Waals surface area contributed by atoms with Crippen LogP contribution in [0.5, 0.6) is 0 Å². The predicted octanol–water partition coefficient (Wildman–Crippen LogP) is 4.52. The fourth-order valence-corrected chi connectivity index (χ4v) is 4.90. The molecule has 3 aromatic rings. The van der Waals surface area contributed by atoms with Gasteiger partial charge in [-0.2, -0.15) is 0 Å². The summed E-state index contributed by atoms with van der Waals surface area (Å²) >= 11 is 5.74. The lowest BCUT2D eigenvalue weighted by Crippen LogP contribution is -2.32. The molecule has 32 heavy (non-hydrogen) atoms. The van der Waals surface area contributed by atoms with Gasteiger partial charge in [-0.1, -0.05) is 24.3 Å². The molecule has 0 radical (unpaired) electrons. The molecule has 1 saturated heterocycles. The number of anilines is 1. The van der Waals surface area contributed by atoms with Gasteiger partial charge >= 0.3 is 0 Å². The molecular weight excluding hydrogens is 418 g/mol. The van der Waals surface area contributed by atoms with E-state index in [2.05, 4.69) is 51.9 Å². The van der Waals surface area contributed by atoms with Crippen LogP contribution in [0.3, 0.4) is 0 Å². The zero-order chi connectivity index (χ0) is 22.7. The van der Waals surface area contributed by atoms with Crippen molar-refractivity contribution in [3.05, 3.63) is 83.4 Å². The van der Waals surface area contributed by atoms with Crippen LogP contribution < -0.4 is 10.6 Å². The molecule has 0 bridgehead atoms. The number of hydrogen-bond donors (Lipinski definition) is 2. The molecule has 1 aliphatic heterocycles. The van der Waals surface area contributed by atoms with Crippen LogP contribution in [0, 0.1) is 13.8 Å². The molecule has 6 nitrogen and oxygen atoms in total. The summed E-state index contributed by atoms with van der Waals surface area (Å²) in [6.45, 7) is 7.88. The van der Waals surface area contributed by atoms with E-state index in [1.165, 1.54) is 17.0 Å². The first-order chi connectivity index (χ1) is 15.5. The van der Waals surface area contributed by atoms with Crippen molar-refractivity contribution in [1.29, 1.82) is 0 Å². The lowest BCUT2D eigenvalue weighted by Gasteiger charge is -2.28. The van der Waals surface area contributed by atoms with Crippen LogP contribution in [-0.4, -0.2) is 32.0 Å². The minimum atomic E-state index is -0.0771. The monoisotopic (exact) mass is 447 g/mol. The van der Waals surface area contributed by atoms with Crippen LogP contribution in [-0.2, 0) is 11.3 Å². The number of carbonyl (C=O) groups excluding carboxylic acids is 1. The number of nitrogens with zero attached hydrogens (tertiary/aromatic N) is 3. The SMILES string of the molecule is CCn1c(C)cc([C@H]2[C@H](c3ccccn3)NC(=S)N2CCC(=O)Nc2ccccc2)c1C. The summed E-state index contributed by atoms with van der Waals surface area (Å²) in [7, 11) is 0. The van der Waals surface area contributed by atoms with Crippen molar-refractivity contribution in [2.75, 3.05) is 11.9 Å². The smallest absolute Gasteiger partial charge is 0.226 e. The second kappa shape index (κ2) is 9.53. The standard InChI is InChI=1S/C25H29N5OS/c1-4-29-17(2)16-20(18(29)3)24-23(21-12-8-9-14-26-21)28-25(32)30(24)15-13-22(31)27-19-10-6-5-7-11-19/h5-12,14,16,23-24H,4,13,15H2,1-3H3,(H,27,31)(H,28,32)/t23-,24-/m0/s1. The zero-order valence-electron chi connectivity index (χ0n) is 18.7. The van der Waals surface area contributed by atoms with Crippen molar-refractivity contribution in [1.82, 2.24) is 19.8 Å². The minimum Gasteiger partial charge on any atom is -0.352 e. The third kappa shape index (κ3) is 4.39. The average molecular weight is 448 g/mol. The van der Waals surface area contributed by atoms with Crippen molar-refractivity contribution >= 4 is 28.9 Å². The van der Waals surface area contributed by atoms with Gasteiger partial charge in [0.25, 0.3) is 0 Å². The van der Waals surface area contributed by atoms with Crippen molar-refractivity contribution < 1.29 is 4.79 Å². The van der Waals surface area contributed by atoms with Crippen LogP contribution in [0.25, 0.3) is 0 Å². The van der Waals surface area contributed by atoms with Gasteiger partial charge in [0.2, 0.25) is 5.91 Å². The topological polar surface area (TPSA) is 62.2 Å². The number of rotatable bonds is 7. The lowest BCUT2D eigenvalue weighted by atomic mass is 9.96. The second-order valence-electron chi connectivity index (χ2n) is 8.05. The Morgan fingerprint density at radius 3 is 2.56 bits per heavy atom. The Labute approximate surface area is 194 Å². The van der Waals surface area contributed by atoms with Gasteiger partial charge in [0.15, 0.2) is 5.11 Å². The molecule has 1 amide bonds. The van der Waals surface area contributed by atoms with Crippen molar-refractivity contribution in [2.24, 2.45) is 0 Å². The van der Waals surface area contributed by atoms with Gasteiger partial charge in [-0.05, 0) is 68.9 Å². The molecule has 1 aromatic carbocycles. The summed E-state index contributed by atoms with van der Waals surface area (Å²) in [5.74, 6) is -0.0296. The van der Waals surface area contributed by atoms with Crippen LogP contribution in [0.15, 0.2) is 60.8 Å². The maximum atomic E-state index is 12.6. The Bertz CT molecular complexity index is 1100. The molecule has 0 unspecified atom stereocenters. The van der Waals surface area contributed by atoms with Gasteiger partial charge in [-0.25, -0.2) is 0 Å². The highest BCUT2D eigenvalue weighted by Crippen LogP contribution is 2.40. The molecular formula is C25H29N5OS. The van der Waals surface area contributed by atoms with Crippen LogP contribution in [0.4, 0.5) is 5.69 Å². The van der Waals surface area contributed by atoms with E-state index in [1.807, 2.05) is 54.7 Å². The van der Waals surface area contributed by atoms with E-state index in [0.717, 1.165) is 17.9 Å². The fraction of sp³-hybridized carbons (Fsp3) is 0.320. The third-order valence-corrected chi connectivity index (χ3v) is 6.44. The van der Waals surface area contributed by atoms with E-state index in [-0.39, 0.29) is 18.0 Å². The number of pyridine rings is 1. The Morgan fingerprint density at radius 1 is 1.16 bits per heavy atom. The highest BCUT2D eigenvalue weighted by Gasteiger charge is 2.41. The van der Waals surface area contributed by atoms with Gasteiger partial charge in [0.1, 0.15) is 0 Å².